The van der Waals surface area contributed by atoms with Gasteiger partial charge in [0.1, 0.15) is 0 Å². The summed E-state index contributed by atoms with van der Waals surface area (Å²) in [4.78, 5) is 0. The molecule has 0 radical (unpaired) electrons. The highest BCUT2D eigenvalue weighted by molar-refractivity contribution is 6.36. The van der Waals surface area contributed by atoms with Gasteiger partial charge in [0.25, 0.3) is 0 Å². The van der Waals surface area contributed by atoms with Crippen LogP contribution in [0, 0.1) is 0 Å². The lowest BCUT2D eigenvalue weighted by molar-refractivity contribution is 0.350. The molecule has 0 heterocycles. The molecule has 10 aromatic rings. The Morgan fingerprint density at radius 2 is 0.593 bits per heavy atom. The van der Waals surface area contributed by atoms with Gasteiger partial charge in [-0.25, -0.2) is 0 Å². The zero-order chi connectivity index (χ0) is 37.2. The Kier molecular flexibility index (Phi) is 6.33. The van der Waals surface area contributed by atoms with E-state index in [-0.39, 0.29) is 32.7 Å². The number of fused-ring (bicyclic) bond motifs is 11. The van der Waals surface area contributed by atoms with Crippen LogP contribution < -0.4 is 0 Å². The fourth-order valence-corrected chi connectivity index (χ4v) is 8.58. The number of rotatable bonds is 2. The van der Waals surface area contributed by atoms with Crippen molar-refractivity contribution in [3.05, 3.63) is 121 Å². The second kappa shape index (κ2) is 11.0. The van der Waals surface area contributed by atoms with Crippen LogP contribution in [0.3, 0.4) is 0 Å². The first-order valence-electron chi connectivity index (χ1n) is 17.2. The maximum absolute atomic E-state index is 12.0. The molecule has 0 amide bonds. The van der Waals surface area contributed by atoms with Gasteiger partial charge in [0.15, 0.2) is 23.0 Å². The molecule has 0 bridgehead atoms. The van der Waals surface area contributed by atoms with Gasteiger partial charge >= 0.3 is 0 Å². The molecule has 0 aliphatic rings. The largest absolute Gasteiger partial charge is 0.504 e. The summed E-state index contributed by atoms with van der Waals surface area (Å²) in [6.45, 7) is 0. The molecule has 0 fully saturated rings. The molecule has 0 spiro atoms. The van der Waals surface area contributed by atoms with Crippen molar-refractivity contribution >= 4 is 75.4 Å². The lowest BCUT2D eigenvalue weighted by Crippen LogP contribution is -1.96. The smallest absolute Gasteiger partial charge is 0.204 e. The Morgan fingerprint density at radius 3 is 1.11 bits per heavy atom. The first kappa shape index (κ1) is 31.2. The summed E-state index contributed by atoms with van der Waals surface area (Å²) >= 11 is 0. The molecule has 0 aliphatic carbocycles. The predicted molar refractivity (Wildman–Crippen MR) is 213 cm³/mol. The average molecular weight is 709 g/mol. The van der Waals surface area contributed by atoms with Crippen LogP contribution in [0.1, 0.15) is 0 Å². The molecule has 10 aromatic carbocycles. The lowest BCUT2D eigenvalue weighted by Gasteiger charge is -2.24. The van der Waals surface area contributed by atoms with Crippen LogP contribution in [-0.4, -0.2) is 40.9 Å². The number of benzene rings is 10. The van der Waals surface area contributed by atoms with Gasteiger partial charge in [0.2, 0.25) is 23.0 Å². The number of hydrogen-bond donors (Lipinski definition) is 8. The van der Waals surface area contributed by atoms with Crippen molar-refractivity contribution in [2.75, 3.05) is 0 Å². The average Bonchev–Trinajstić information content (AvgIpc) is 3.21. The molecule has 0 aromatic heterocycles. The molecule has 8 nitrogen and oxygen atoms in total. The van der Waals surface area contributed by atoms with Crippen molar-refractivity contribution < 1.29 is 40.9 Å². The molecule has 0 saturated heterocycles. The molecular weight excluding hydrogens is 680 g/mol. The minimum Gasteiger partial charge on any atom is -0.504 e. The third-order valence-corrected chi connectivity index (χ3v) is 10.9. The van der Waals surface area contributed by atoms with E-state index in [1.54, 1.807) is 24.3 Å². The number of phenols is 8. The zero-order valence-corrected chi connectivity index (χ0v) is 28.1. The highest BCUT2D eigenvalue weighted by Gasteiger charge is 2.33. The van der Waals surface area contributed by atoms with Crippen LogP contribution in [0.2, 0.25) is 0 Å². The molecule has 260 valence electrons. The molecular formula is C46H28O8. The molecule has 10 rings (SSSR count). The summed E-state index contributed by atoms with van der Waals surface area (Å²) in [5, 5.41) is 99.9. The molecule has 0 unspecified atom stereocenters. The van der Waals surface area contributed by atoms with Crippen molar-refractivity contribution in [2.45, 2.75) is 0 Å². The standard InChI is InChI=1S/C46H28O8/c47-39-35-33(27-19-9-11-21-10-1-2-12-22(21)27)36-38(42(50)46(54)44(52)40(36)48)34(37(35)41(49)45(53)43(39)51)31-20-30-25-15-4-3-13-23(25)24-14-5-7-17-28(24)32(30)29-18-8-6-16-26(29)31/h1-20,47-54H. The van der Waals surface area contributed by atoms with E-state index in [0.717, 1.165) is 43.1 Å². The lowest BCUT2D eigenvalue weighted by atomic mass is 9.80. The summed E-state index contributed by atoms with van der Waals surface area (Å²) in [5.74, 6) is -7.34. The molecule has 0 aliphatic heterocycles. The van der Waals surface area contributed by atoms with Crippen LogP contribution >= 0.6 is 0 Å². The van der Waals surface area contributed by atoms with Gasteiger partial charge in [-0.05, 0) is 71.1 Å². The Bertz CT molecular complexity index is 3230. The Morgan fingerprint density at radius 1 is 0.241 bits per heavy atom. The van der Waals surface area contributed by atoms with Gasteiger partial charge in [0, 0.05) is 32.7 Å². The predicted octanol–water partition coefficient (Wildman–Crippen LogP) is 10.7. The van der Waals surface area contributed by atoms with Crippen molar-refractivity contribution in [1.29, 1.82) is 0 Å². The quantitative estimate of drug-likeness (QED) is 0.0381. The normalized spacial score (nSPS) is 11.9. The fraction of sp³-hybridized carbons (Fsp3) is 0. The van der Waals surface area contributed by atoms with Gasteiger partial charge in [-0.15, -0.1) is 0 Å². The van der Waals surface area contributed by atoms with Gasteiger partial charge < -0.3 is 40.9 Å². The van der Waals surface area contributed by atoms with Crippen LogP contribution in [0.25, 0.3) is 97.7 Å². The minimum absolute atomic E-state index is 0.00512. The highest BCUT2D eigenvalue weighted by atomic mass is 16.4. The molecule has 8 N–H and O–H groups in total. The molecule has 8 heteroatoms. The van der Waals surface area contributed by atoms with Gasteiger partial charge in [-0.1, -0.05) is 115 Å². The monoisotopic (exact) mass is 708 g/mol. The van der Waals surface area contributed by atoms with E-state index in [2.05, 4.69) is 12.1 Å². The Labute approximate surface area is 305 Å². The first-order valence-corrected chi connectivity index (χ1v) is 17.2. The molecule has 54 heavy (non-hydrogen) atoms. The summed E-state index contributed by atoms with van der Waals surface area (Å²) < 4.78 is 0. The van der Waals surface area contributed by atoms with E-state index >= 15 is 0 Å². The minimum atomic E-state index is -1.02. The Balaban J connectivity index is 1.55. The summed E-state index contributed by atoms with van der Waals surface area (Å²) in [5.41, 5.74) is 0.784. The molecule has 0 saturated carbocycles. The maximum atomic E-state index is 12.0. The molecule has 0 atom stereocenters. The van der Waals surface area contributed by atoms with E-state index in [9.17, 15) is 40.9 Å². The van der Waals surface area contributed by atoms with Crippen LogP contribution in [0.4, 0.5) is 0 Å². The summed E-state index contributed by atoms with van der Waals surface area (Å²) in [7, 11) is 0. The second-order valence-corrected chi connectivity index (χ2v) is 13.5. The van der Waals surface area contributed by atoms with E-state index in [1.165, 1.54) is 0 Å². The van der Waals surface area contributed by atoms with Crippen molar-refractivity contribution in [3.8, 4) is 68.2 Å². The summed E-state index contributed by atoms with van der Waals surface area (Å²) in [6, 6.07) is 38.0. The summed E-state index contributed by atoms with van der Waals surface area (Å²) in [6.07, 6.45) is 0. The fourth-order valence-electron chi connectivity index (χ4n) is 8.58. The zero-order valence-electron chi connectivity index (χ0n) is 28.1. The second-order valence-electron chi connectivity index (χ2n) is 13.5. The van der Waals surface area contributed by atoms with E-state index < -0.39 is 46.0 Å². The number of aromatic hydroxyl groups is 8. The number of hydrogen-bond acceptors (Lipinski definition) is 8. The van der Waals surface area contributed by atoms with E-state index in [0.29, 0.717) is 21.9 Å². The number of phenolic OH excluding ortho intramolecular Hbond substituents is 8. The van der Waals surface area contributed by atoms with Crippen LogP contribution in [-0.2, 0) is 0 Å². The van der Waals surface area contributed by atoms with E-state index in [4.69, 9.17) is 0 Å². The van der Waals surface area contributed by atoms with Gasteiger partial charge in [-0.3, -0.25) is 0 Å². The Hall–Kier alpha value is -7.58. The third kappa shape index (κ3) is 3.91. The van der Waals surface area contributed by atoms with Crippen molar-refractivity contribution in [2.24, 2.45) is 0 Å². The highest BCUT2D eigenvalue weighted by Crippen LogP contribution is 2.63. The van der Waals surface area contributed by atoms with Crippen LogP contribution in [0.5, 0.6) is 46.0 Å². The van der Waals surface area contributed by atoms with Gasteiger partial charge in [0.05, 0.1) is 0 Å². The maximum Gasteiger partial charge on any atom is 0.204 e. The first-order chi connectivity index (χ1) is 26.2. The van der Waals surface area contributed by atoms with Crippen molar-refractivity contribution in [1.82, 2.24) is 0 Å². The van der Waals surface area contributed by atoms with Crippen molar-refractivity contribution in [3.63, 3.8) is 0 Å². The van der Waals surface area contributed by atoms with Crippen LogP contribution in [0.15, 0.2) is 121 Å². The topological polar surface area (TPSA) is 162 Å². The third-order valence-electron chi connectivity index (χ3n) is 10.9. The van der Waals surface area contributed by atoms with Gasteiger partial charge in [-0.2, -0.15) is 0 Å². The van der Waals surface area contributed by atoms with E-state index in [1.807, 2.05) is 84.9 Å². The SMILES string of the molecule is Oc1c(O)c(O)c2c(-c3cc4c5ccccc5c5ccccc5c4c4ccccc34)c3c(O)c(O)c(O)c(O)c3c(-c3cccc4ccccc34)c2c1O.